The van der Waals surface area contributed by atoms with Crippen LogP contribution in [-0.2, 0) is 4.74 Å². The first-order chi connectivity index (χ1) is 11.6. The number of esters is 1. The predicted octanol–water partition coefficient (Wildman–Crippen LogP) is 5.95. The van der Waals surface area contributed by atoms with Gasteiger partial charge in [0.1, 0.15) is 9.88 Å². The number of nitrogens with zero attached hydrogens (tertiary/aromatic N) is 1. The van der Waals surface area contributed by atoms with Crippen LogP contribution in [-0.4, -0.2) is 13.1 Å². The highest BCUT2D eigenvalue weighted by molar-refractivity contribution is 7.18. The molecule has 1 heterocycles. The molecule has 0 N–H and O–H groups in total. The number of hydrogen-bond acceptors (Lipinski definition) is 4. The van der Waals surface area contributed by atoms with E-state index in [9.17, 15) is 4.79 Å². The molecule has 0 bridgehead atoms. The molecule has 2 rings (SSSR count). The molecule has 1 aromatic heterocycles. The van der Waals surface area contributed by atoms with Crippen LogP contribution in [0, 0.1) is 0 Å². The van der Waals surface area contributed by atoms with Crippen LogP contribution < -0.4 is 4.90 Å². The average Bonchev–Trinajstić information content (AvgIpc) is 3.06. The van der Waals surface area contributed by atoms with Gasteiger partial charge in [-0.3, -0.25) is 0 Å². The van der Waals surface area contributed by atoms with Crippen LogP contribution in [0.3, 0.4) is 0 Å². The zero-order chi connectivity index (χ0) is 17.9. The lowest BCUT2D eigenvalue weighted by Gasteiger charge is -2.23. The van der Waals surface area contributed by atoms with E-state index >= 15 is 0 Å². The quantitative estimate of drug-likeness (QED) is 0.382. The summed E-state index contributed by atoms with van der Waals surface area (Å²) in [6.07, 6.45) is 5.62. The summed E-state index contributed by atoms with van der Waals surface area (Å²) < 4.78 is 4.76. The molecule has 1 aromatic carbocycles. The molecular weight excluding hydrogens is 318 g/mol. The Hall–Kier alpha value is -2.59. The van der Waals surface area contributed by atoms with E-state index in [1.54, 1.807) is 12.1 Å². The van der Waals surface area contributed by atoms with Crippen molar-refractivity contribution in [3.05, 3.63) is 84.4 Å². The van der Waals surface area contributed by atoms with Crippen molar-refractivity contribution in [2.45, 2.75) is 13.8 Å². The minimum atomic E-state index is -0.323. The van der Waals surface area contributed by atoms with Crippen LogP contribution in [0.4, 0.5) is 10.7 Å². The Balaban J connectivity index is 0.000000891. The van der Waals surface area contributed by atoms with Gasteiger partial charge in [-0.2, -0.15) is 0 Å². The third kappa shape index (κ3) is 5.25. The Morgan fingerprint density at radius 3 is 2.33 bits per heavy atom. The van der Waals surface area contributed by atoms with E-state index in [0.717, 1.165) is 16.4 Å². The van der Waals surface area contributed by atoms with Crippen molar-refractivity contribution >= 4 is 28.0 Å². The van der Waals surface area contributed by atoms with Crippen LogP contribution in [0.5, 0.6) is 0 Å². The fourth-order valence-corrected chi connectivity index (χ4v) is 2.91. The lowest BCUT2D eigenvalue weighted by atomic mass is 10.2. The molecule has 126 valence electrons. The summed E-state index contributed by atoms with van der Waals surface area (Å²) in [7, 11) is 1.38. The number of para-hydroxylation sites is 1. The molecule has 0 atom stereocenters. The third-order valence-electron chi connectivity index (χ3n) is 2.86. The van der Waals surface area contributed by atoms with Gasteiger partial charge < -0.3 is 9.64 Å². The Kier molecular flexibility index (Phi) is 8.30. The van der Waals surface area contributed by atoms with Gasteiger partial charge in [0.25, 0.3) is 0 Å². The predicted molar refractivity (Wildman–Crippen MR) is 104 cm³/mol. The largest absolute Gasteiger partial charge is 0.465 e. The normalized spacial score (nSPS) is 9.79. The molecule has 2 aromatic rings. The van der Waals surface area contributed by atoms with Crippen LogP contribution in [0.2, 0.25) is 0 Å². The van der Waals surface area contributed by atoms with Gasteiger partial charge in [0, 0.05) is 11.4 Å². The maximum Gasteiger partial charge on any atom is 0.348 e. The number of thiophene rings is 1. The molecule has 0 amide bonds. The second-order valence-electron chi connectivity index (χ2n) is 4.70. The van der Waals surface area contributed by atoms with Crippen molar-refractivity contribution in [3.8, 4) is 0 Å². The Bertz CT molecular complexity index is 701. The molecule has 0 saturated carbocycles. The van der Waals surface area contributed by atoms with E-state index in [4.69, 9.17) is 4.74 Å². The summed E-state index contributed by atoms with van der Waals surface area (Å²) >= 11 is 1.38. The first kappa shape index (κ1) is 19.5. The Morgan fingerprint density at radius 2 is 1.79 bits per heavy atom. The van der Waals surface area contributed by atoms with E-state index in [1.807, 2.05) is 67.3 Å². The molecule has 0 saturated heterocycles. The second-order valence-corrected chi connectivity index (χ2v) is 5.76. The maximum absolute atomic E-state index is 11.6. The van der Waals surface area contributed by atoms with Gasteiger partial charge in [-0.05, 0) is 44.2 Å². The minimum absolute atomic E-state index is 0.323. The number of benzene rings is 1. The van der Waals surface area contributed by atoms with Crippen molar-refractivity contribution in [3.63, 3.8) is 0 Å². The molecule has 0 unspecified atom stereocenters. The van der Waals surface area contributed by atoms with Gasteiger partial charge in [-0.25, -0.2) is 4.79 Å². The molecule has 0 aliphatic heterocycles. The molecule has 0 aliphatic carbocycles. The van der Waals surface area contributed by atoms with Crippen molar-refractivity contribution in [1.82, 2.24) is 0 Å². The Morgan fingerprint density at radius 1 is 1.17 bits per heavy atom. The van der Waals surface area contributed by atoms with Crippen molar-refractivity contribution < 1.29 is 9.53 Å². The average molecular weight is 341 g/mol. The summed E-state index contributed by atoms with van der Waals surface area (Å²) in [6.45, 7) is 11.3. The van der Waals surface area contributed by atoms with Gasteiger partial charge in [0.15, 0.2) is 0 Å². The van der Waals surface area contributed by atoms with E-state index in [1.165, 1.54) is 18.4 Å². The van der Waals surface area contributed by atoms with Gasteiger partial charge in [0.2, 0.25) is 0 Å². The van der Waals surface area contributed by atoms with Crippen molar-refractivity contribution in [2.75, 3.05) is 12.0 Å². The van der Waals surface area contributed by atoms with Crippen LogP contribution in [0.25, 0.3) is 0 Å². The number of methoxy groups -OCH3 is 1. The first-order valence-electron chi connectivity index (χ1n) is 7.51. The summed E-state index contributed by atoms with van der Waals surface area (Å²) in [5, 5.41) is 0.921. The summed E-state index contributed by atoms with van der Waals surface area (Å²) in [6, 6.07) is 13.6. The zero-order valence-electron chi connectivity index (χ0n) is 14.4. The number of rotatable bonds is 5. The topological polar surface area (TPSA) is 29.5 Å². The van der Waals surface area contributed by atoms with Crippen molar-refractivity contribution in [1.29, 1.82) is 0 Å². The number of ether oxygens (including phenoxy) is 1. The lowest BCUT2D eigenvalue weighted by molar-refractivity contribution is 0.0606. The molecule has 3 nitrogen and oxygen atoms in total. The van der Waals surface area contributed by atoms with Crippen LogP contribution in [0.15, 0.2) is 79.5 Å². The minimum Gasteiger partial charge on any atom is -0.465 e. The third-order valence-corrected chi connectivity index (χ3v) is 3.91. The zero-order valence-corrected chi connectivity index (χ0v) is 15.2. The SMILES string of the molecule is C=C(/C=C\C)N(c1ccccc1)c1ccc(C(=O)OC)s1.C=CC. The second kappa shape index (κ2) is 10.2. The monoisotopic (exact) mass is 341 g/mol. The summed E-state index contributed by atoms with van der Waals surface area (Å²) in [5.74, 6) is -0.323. The fraction of sp³-hybridized carbons (Fsp3) is 0.150. The molecule has 0 spiro atoms. The van der Waals surface area contributed by atoms with Crippen molar-refractivity contribution in [2.24, 2.45) is 0 Å². The highest BCUT2D eigenvalue weighted by atomic mass is 32.1. The molecule has 0 aliphatic rings. The number of carbonyl (C=O) groups excluding carboxylic acids is 1. The fourth-order valence-electron chi connectivity index (χ4n) is 1.94. The highest BCUT2D eigenvalue weighted by Gasteiger charge is 2.16. The molecule has 4 heteroatoms. The van der Waals surface area contributed by atoms with Gasteiger partial charge >= 0.3 is 5.97 Å². The summed E-state index contributed by atoms with van der Waals surface area (Å²) in [5.41, 5.74) is 1.83. The summed E-state index contributed by atoms with van der Waals surface area (Å²) in [4.78, 5) is 14.2. The first-order valence-corrected chi connectivity index (χ1v) is 8.32. The number of carbonyl (C=O) groups is 1. The van der Waals surface area contributed by atoms with Crippen LogP contribution >= 0.6 is 11.3 Å². The van der Waals surface area contributed by atoms with E-state index in [0.29, 0.717) is 4.88 Å². The standard InChI is InChI=1S/C17H17NO2S.C3H6/c1-4-8-13(2)18(14-9-6-5-7-10-14)16-12-11-15(21-16)17(19)20-3;1-3-2/h4-12H,2H2,1,3H3;3H,1H2,2H3/b8-4-;. The molecule has 0 radical (unpaired) electrons. The van der Waals surface area contributed by atoms with Gasteiger partial charge in [-0.15, -0.1) is 17.9 Å². The van der Waals surface area contributed by atoms with Gasteiger partial charge in [-0.1, -0.05) is 36.9 Å². The highest BCUT2D eigenvalue weighted by Crippen LogP contribution is 2.35. The molecule has 0 fully saturated rings. The van der Waals surface area contributed by atoms with E-state index in [-0.39, 0.29) is 5.97 Å². The maximum atomic E-state index is 11.6. The number of allylic oxidation sites excluding steroid dienone is 3. The van der Waals surface area contributed by atoms with E-state index in [2.05, 4.69) is 13.2 Å². The Labute approximate surface area is 148 Å². The smallest absolute Gasteiger partial charge is 0.348 e. The van der Waals surface area contributed by atoms with E-state index < -0.39 is 0 Å². The number of anilines is 2. The van der Waals surface area contributed by atoms with Crippen LogP contribution in [0.1, 0.15) is 23.5 Å². The molecule has 24 heavy (non-hydrogen) atoms. The molecular formula is C20H23NO2S. The number of hydrogen-bond donors (Lipinski definition) is 0. The van der Waals surface area contributed by atoms with Gasteiger partial charge in [0.05, 0.1) is 7.11 Å². The lowest BCUT2D eigenvalue weighted by Crippen LogP contribution is -2.12.